The van der Waals surface area contributed by atoms with Crippen molar-refractivity contribution >= 4 is 17.2 Å². The highest BCUT2D eigenvalue weighted by molar-refractivity contribution is 6.13. The van der Waals surface area contributed by atoms with Gasteiger partial charge in [-0.05, 0) is 47.7 Å². The van der Waals surface area contributed by atoms with Crippen LogP contribution in [0.15, 0.2) is 49.0 Å². The van der Waals surface area contributed by atoms with Gasteiger partial charge in [0.05, 0.1) is 5.69 Å². The average molecular weight is 319 g/mol. The van der Waals surface area contributed by atoms with Gasteiger partial charge in [0.1, 0.15) is 0 Å². The van der Waals surface area contributed by atoms with Crippen molar-refractivity contribution in [2.75, 3.05) is 11.9 Å². The highest BCUT2D eigenvalue weighted by Crippen LogP contribution is 2.37. The number of carbonyl (C=O) groups excluding carboxylic acids is 1. The Morgan fingerprint density at radius 3 is 2.46 bits per heavy atom. The van der Waals surface area contributed by atoms with Gasteiger partial charge in [-0.25, -0.2) is 0 Å². The third kappa shape index (κ3) is 3.01. The van der Waals surface area contributed by atoms with Crippen molar-refractivity contribution in [3.05, 3.63) is 71.3 Å². The van der Waals surface area contributed by atoms with Crippen LogP contribution in [0.1, 0.15) is 59.7 Å². The first-order valence-electron chi connectivity index (χ1n) is 8.83. The number of anilines is 1. The van der Waals surface area contributed by atoms with Gasteiger partial charge in [0.15, 0.2) is 0 Å². The standard InChI is InChI=1S/C22H25NO/c1-4-5-6-7-10-17-13-14-21-20(15-17)16(2)18-11-8-9-12-19(18)22(24)23(21)3/h8-9,11-15H,2,4-7,10H2,1,3H3. The van der Waals surface area contributed by atoms with E-state index in [0.29, 0.717) is 0 Å². The first kappa shape index (κ1) is 16.5. The Morgan fingerprint density at radius 1 is 0.958 bits per heavy atom. The summed E-state index contributed by atoms with van der Waals surface area (Å²) in [4.78, 5) is 14.5. The van der Waals surface area contributed by atoms with E-state index in [4.69, 9.17) is 0 Å². The summed E-state index contributed by atoms with van der Waals surface area (Å²) < 4.78 is 0. The fraction of sp³-hybridized carbons (Fsp3) is 0.318. The Kier molecular flexibility index (Phi) is 4.84. The lowest BCUT2D eigenvalue weighted by Gasteiger charge is -2.18. The number of nitrogens with zero attached hydrogens (tertiary/aromatic N) is 1. The first-order valence-corrected chi connectivity index (χ1v) is 8.83. The molecule has 24 heavy (non-hydrogen) atoms. The minimum absolute atomic E-state index is 0.0289. The molecular formula is C22H25NO. The third-order valence-corrected chi connectivity index (χ3v) is 4.85. The van der Waals surface area contributed by atoms with Crippen molar-refractivity contribution in [2.45, 2.75) is 39.0 Å². The maximum atomic E-state index is 12.8. The molecule has 1 aliphatic heterocycles. The molecule has 2 heteroatoms. The summed E-state index contributed by atoms with van der Waals surface area (Å²) in [6.45, 7) is 6.53. The highest BCUT2D eigenvalue weighted by atomic mass is 16.2. The molecule has 0 fully saturated rings. The van der Waals surface area contributed by atoms with Gasteiger partial charge in [0, 0.05) is 18.2 Å². The monoisotopic (exact) mass is 319 g/mol. The molecule has 2 aromatic carbocycles. The second kappa shape index (κ2) is 7.04. The van der Waals surface area contributed by atoms with Crippen LogP contribution in [0.2, 0.25) is 0 Å². The molecule has 0 atom stereocenters. The Morgan fingerprint density at radius 2 is 1.71 bits per heavy atom. The van der Waals surface area contributed by atoms with Crippen molar-refractivity contribution < 1.29 is 4.79 Å². The lowest BCUT2D eigenvalue weighted by atomic mass is 9.93. The number of amides is 1. The molecule has 3 rings (SSSR count). The average Bonchev–Trinajstić information content (AvgIpc) is 2.69. The lowest BCUT2D eigenvalue weighted by molar-refractivity contribution is 0.0993. The molecule has 0 radical (unpaired) electrons. The van der Waals surface area contributed by atoms with E-state index in [2.05, 4.69) is 31.7 Å². The van der Waals surface area contributed by atoms with Gasteiger partial charge in [-0.3, -0.25) is 4.79 Å². The molecule has 0 saturated carbocycles. The number of aryl methyl sites for hydroxylation is 1. The summed E-state index contributed by atoms with van der Waals surface area (Å²) in [5, 5.41) is 0. The van der Waals surface area contributed by atoms with Gasteiger partial charge in [-0.1, -0.05) is 57.0 Å². The molecule has 2 aromatic rings. The smallest absolute Gasteiger partial charge is 0.258 e. The SMILES string of the molecule is C=C1c2ccccc2C(=O)N(C)c2ccc(CCCCCC)cc21. The Bertz CT molecular complexity index is 775. The number of rotatable bonds is 5. The number of hydrogen-bond donors (Lipinski definition) is 0. The Balaban J connectivity index is 1.97. The van der Waals surface area contributed by atoms with Crippen molar-refractivity contribution in [2.24, 2.45) is 0 Å². The molecule has 0 N–H and O–H groups in total. The number of unbranched alkanes of at least 4 members (excludes halogenated alkanes) is 3. The van der Waals surface area contributed by atoms with Gasteiger partial charge < -0.3 is 4.90 Å². The van der Waals surface area contributed by atoms with Crippen molar-refractivity contribution in [1.29, 1.82) is 0 Å². The quantitative estimate of drug-likeness (QED) is 0.670. The number of carbonyl (C=O) groups is 1. The molecule has 0 spiro atoms. The van der Waals surface area contributed by atoms with Crippen molar-refractivity contribution in [3.63, 3.8) is 0 Å². The zero-order chi connectivity index (χ0) is 17.1. The molecule has 0 aliphatic carbocycles. The minimum atomic E-state index is 0.0289. The Hall–Kier alpha value is -2.35. The zero-order valence-electron chi connectivity index (χ0n) is 14.6. The summed E-state index contributed by atoms with van der Waals surface area (Å²) in [6, 6.07) is 14.2. The lowest BCUT2D eigenvalue weighted by Crippen LogP contribution is -2.26. The van der Waals surface area contributed by atoms with Crippen LogP contribution in [-0.2, 0) is 6.42 Å². The summed E-state index contributed by atoms with van der Waals surface area (Å²) >= 11 is 0. The van der Waals surface area contributed by atoms with Crippen LogP contribution in [0.5, 0.6) is 0 Å². The summed E-state index contributed by atoms with van der Waals surface area (Å²) in [6.07, 6.45) is 6.12. The fourth-order valence-corrected chi connectivity index (χ4v) is 3.40. The van der Waals surface area contributed by atoms with Gasteiger partial charge in [0.2, 0.25) is 0 Å². The van der Waals surface area contributed by atoms with Crippen molar-refractivity contribution in [3.8, 4) is 0 Å². The largest absolute Gasteiger partial charge is 0.311 e. The topological polar surface area (TPSA) is 20.3 Å². The van der Waals surface area contributed by atoms with E-state index in [0.717, 1.165) is 34.4 Å². The molecule has 1 aliphatic rings. The van der Waals surface area contributed by atoms with E-state index in [9.17, 15) is 4.79 Å². The fourth-order valence-electron chi connectivity index (χ4n) is 3.40. The van der Waals surface area contributed by atoms with Crippen LogP contribution < -0.4 is 4.90 Å². The molecule has 2 nitrogen and oxygen atoms in total. The molecule has 124 valence electrons. The molecule has 0 unspecified atom stereocenters. The van der Waals surface area contributed by atoms with Crippen LogP contribution in [0.4, 0.5) is 5.69 Å². The molecule has 0 bridgehead atoms. The maximum absolute atomic E-state index is 12.8. The van der Waals surface area contributed by atoms with E-state index >= 15 is 0 Å². The van der Waals surface area contributed by atoms with Gasteiger partial charge in [-0.15, -0.1) is 0 Å². The normalized spacial score (nSPS) is 13.5. The second-order valence-electron chi connectivity index (χ2n) is 6.55. The maximum Gasteiger partial charge on any atom is 0.258 e. The number of hydrogen-bond acceptors (Lipinski definition) is 1. The highest BCUT2D eigenvalue weighted by Gasteiger charge is 2.26. The molecule has 1 heterocycles. The van der Waals surface area contributed by atoms with Gasteiger partial charge in [0.25, 0.3) is 5.91 Å². The number of fused-ring (bicyclic) bond motifs is 2. The van der Waals surface area contributed by atoms with E-state index in [-0.39, 0.29) is 5.91 Å². The van der Waals surface area contributed by atoms with Crippen molar-refractivity contribution in [1.82, 2.24) is 0 Å². The number of benzene rings is 2. The van der Waals surface area contributed by atoms with Crippen LogP contribution in [0, 0.1) is 0 Å². The van der Waals surface area contributed by atoms with Crippen LogP contribution in [-0.4, -0.2) is 13.0 Å². The summed E-state index contributed by atoms with van der Waals surface area (Å²) in [5.41, 5.74) is 5.95. The van der Waals surface area contributed by atoms with Crippen LogP contribution in [0.25, 0.3) is 5.57 Å². The molecule has 0 aromatic heterocycles. The van der Waals surface area contributed by atoms with Crippen LogP contribution in [0.3, 0.4) is 0 Å². The van der Waals surface area contributed by atoms with Gasteiger partial charge in [-0.2, -0.15) is 0 Å². The summed E-state index contributed by atoms with van der Waals surface area (Å²) in [5.74, 6) is 0.0289. The summed E-state index contributed by atoms with van der Waals surface area (Å²) in [7, 11) is 1.84. The first-order chi connectivity index (χ1) is 11.6. The Labute approximate surface area is 144 Å². The predicted molar refractivity (Wildman–Crippen MR) is 102 cm³/mol. The van der Waals surface area contributed by atoms with Crippen LogP contribution >= 0.6 is 0 Å². The van der Waals surface area contributed by atoms with E-state index < -0.39 is 0 Å². The van der Waals surface area contributed by atoms with E-state index in [1.165, 1.54) is 31.2 Å². The third-order valence-electron chi connectivity index (χ3n) is 4.85. The molecular weight excluding hydrogens is 294 g/mol. The van der Waals surface area contributed by atoms with Gasteiger partial charge >= 0.3 is 0 Å². The second-order valence-corrected chi connectivity index (χ2v) is 6.55. The zero-order valence-corrected chi connectivity index (χ0v) is 14.6. The molecule has 1 amide bonds. The molecule has 0 saturated heterocycles. The predicted octanol–water partition coefficient (Wildman–Crippen LogP) is 5.46. The minimum Gasteiger partial charge on any atom is -0.311 e. The van der Waals surface area contributed by atoms with E-state index in [1.54, 1.807) is 4.90 Å². The van der Waals surface area contributed by atoms with E-state index in [1.807, 2.05) is 31.3 Å².